The number of hydrogen-bond donors (Lipinski definition) is 0. The van der Waals surface area contributed by atoms with E-state index >= 15 is 0 Å². The largest absolute Gasteiger partial charge is 0.213 e. The summed E-state index contributed by atoms with van der Waals surface area (Å²) in [5.74, 6) is 0.421. The van der Waals surface area contributed by atoms with Crippen molar-refractivity contribution in [3.05, 3.63) is 35.6 Å². The van der Waals surface area contributed by atoms with Crippen LogP contribution >= 0.6 is 15.9 Å². The predicted molar refractivity (Wildman–Crippen MR) is 86.7 cm³/mol. The number of hydrogen-bond acceptors (Lipinski definition) is 2. The van der Waals surface area contributed by atoms with Crippen molar-refractivity contribution in [2.45, 2.75) is 25.2 Å². The van der Waals surface area contributed by atoms with Crippen molar-refractivity contribution in [3.8, 4) is 0 Å². The molecule has 1 aliphatic heterocycles. The zero-order chi connectivity index (χ0) is 15.5. The number of piperidine rings is 1. The molecule has 0 amide bonds. The summed E-state index contributed by atoms with van der Waals surface area (Å²) in [5.41, 5.74) is 1.10. The van der Waals surface area contributed by atoms with Crippen molar-refractivity contribution in [2.75, 3.05) is 24.7 Å². The zero-order valence-corrected chi connectivity index (χ0v) is 14.5. The van der Waals surface area contributed by atoms with Gasteiger partial charge in [0.2, 0.25) is 10.0 Å². The Bertz CT molecular complexity index is 562. The molecule has 1 aliphatic rings. The normalized spacial score (nSPS) is 22.1. The minimum Gasteiger partial charge on any atom is -0.213 e. The second kappa shape index (κ2) is 7.20. The van der Waals surface area contributed by atoms with Gasteiger partial charge in [0.25, 0.3) is 0 Å². The summed E-state index contributed by atoms with van der Waals surface area (Å²) in [6.45, 7) is 1.23. The molecule has 1 fully saturated rings. The molecule has 2 atom stereocenters. The predicted octanol–water partition coefficient (Wildman–Crippen LogP) is 3.37. The molecule has 0 bridgehead atoms. The smallest absolute Gasteiger partial charge is 0.211 e. The molecule has 0 spiro atoms. The molecule has 0 aliphatic carbocycles. The Hall–Kier alpha value is -0.460. The van der Waals surface area contributed by atoms with Gasteiger partial charge >= 0.3 is 0 Å². The molecule has 0 saturated carbocycles. The van der Waals surface area contributed by atoms with Crippen molar-refractivity contribution in [1.29, 1.82) is 0 Å². The van der Waals surface area contributed by atoms with Gasteiger partial charge in [0.05, 0.1) is 6.26 Å². The number of rotatable bonds is 5. The lowest BCUT2D eigenvalue weighted by molar-refractivity contribution is 0.249. The first-order chi connectivity index (χ1) is 9.90. The maximum absolute atomic E-state index is 13.0. The van der Waals surface area contributed by atoms with Crippen LogP contribution in [0.3, 0.4) is 0 Å². The second-order valence-electron chi connectivity index (χ2n) is 5.77. The van der Waals surface area contributed by atoms with Crippen molar-refractivity contribution in [1.82, 2.24) is 4.31 Å². The second-order valence-corrected chi connectivity index (χ2v) is 8.40. The summed E-state index contributed by atoms with van der Waals surface area (Å²) < 4.78 is 37.9. The van der Waals surface area contributed by atoms with E-state index in [1.54, 1.807) is 4.31 Å². The van der Waals surface area contributed by atoms with E-state index in [4.69, 9.17) is 0 Å². The summed E-state index contributed by atoms with van der Waals surface area (Å²) >= 11 is 3.53. The first kappa shape index (κ1) is 16.9. The Kier molecular flexibility index (Phi) is 5.80. The van der Waals surface area contributed by atoms with Crippen molar-refractivity contribution in [2.24, 2.45) is 5.92 Å². The topological polar surface area (TPSA) is 37.4 Å². The molecule has 0 radical (unpaired) electrons. The van der Waals surface area contributed by atoms with E-state index < -0.39 is 10.0 Å². The fourth-order valence-electron chi connectivity index (χ4n) is 2.95. The summed E-state index contributed by atoms with van der Waals surface area (Å²) in [6.07, 6.45) is 4.16. The third-order valence-electron chi connectivity index (χ3n) is 4.10. The van der Waals surface area contributed by atoms with E-state index in [1.807, 2.05) is 12.1 Å². The maximum atomic E-state index is 13.0. The summed E-state index contributed by atoms with van der Waals surface area (Å²) in [5, 5.41) is 0.800. The van der Waals surface area contributed by atoms with Gasteiger partial charge in [-0.1, -0.05) is 28.1 Å². The highest BCUT2D eigenvalue weighted by molar-refractivity contribution is 9.09. The molecule has 3 nitrogen and oxygen atoms in total. The van der Waals surface area contributed by atoms with Crippen LogP contribution in [0.4, 0.5) is 4.39 Å². The van der Waals surface area contributed by atoms with Gasteiger partial charge in [-0.15, -0.1) is 0 Å². The molecule has 6 heteroatoms. The van der Waals surface area contributed by atoms with Gasteiger partial charge in [0, 0.05) is 18.4 Å². The average molecular weight is 378 g/mol. The zero-order valence-electron chi connectivity index (χ0n) is 12.1. The van der Waals surface area contributed by atoms with Crippen LogP contribution in [0.15, 0.2) is 24.3 Å². The quantitative estimate of drug-likeness (QED) is 0.737. The number of sulfonamides is 1. The van der Waals surface area contributed by atoms with Crippen LogP contribution in [0.25, 0.3) is 0 Å². The van der Waals surface area contributed by atoms with Crippen LogP contribution < -0.4 is 0 Å². The fraction of sp³-hybridized carbons (Fsp3) is 0.600. The molecule has 21 heavy (non-hydrogen) atoms. The van der Waals surface area contributed by atoms with Crippen molar-refractivity contribution >= 4 is 26.0 Å². The molecular formula is C15H21BrFNO2S. The van der Waals surface area contributed by atoms with Crippen LogP contribution in [-0.4, -0.2) is 37.4 Å². The SMILES string of the molecule is CS(=O)(=O)N1CCCC(CC(CBr)c2ccc(F)cc2)C1. The number of benzene rings is 1. The fourth-order valence-corrected chi connectivity index (χ4v) is 4.53. The van der Waals surface area contributed by atoms with Gasteiger partial charge in [-0.3, -0.25) is 0 Å². The Morgan fingerprint density at radius 2 is 2.05 bits per heavy atom. The summed E-state index contributed by atoms with van der Waals surface area (Å²) in [7, 11) is -3.10. The van der Waals surface area contributed by atoms with Crippen LogP contribution in [-0.2, 0) is 10.0 Å². The Morgan fingerprint density at radius 3 is 2.62 bits per heavy atom. The molecule has 0 aromatic heterocycles. The molecule has 1 saturated heterocycles. The van der Waals surface area contributed by atoms with Crippen LogP contribution in [0, 0.1) is 11.7 Å². The van der Waals surface area contributed by atoms with E-state index in [9.17, 15) is 12.8 Å². The molecule has 2 rings (SSSR count). The lowest BCUT2D eigenvalue weighted by Gasteiger charge is -2.32. The third-order valence-corrected chi connectivity index (χ3v) is 6.15. The number of nitrogens with zero attached hydrogens (tertiary/aromatic N) is 1. The average Bonchev–Trinajstić information content (AvgIpc) is 2.45. The molecule has 1 aromatic carbocycles. The van der Waals surface area contributed by atoms with Crippen molar-refractivity contribution in [3.63, 3.8) is 0 Å². The summed E-state index contributed by atoms with van der Waals surface area (Å²) in [6, 6.07) is 6.60. The molecule has 118 valence electrons. The van der Waals surface area contributed by atoms with E-state index in [1.165, 1.54) is 18.4 Å². The monoisotopic (exact) mass is 377 g/mol. The minimum absolute atomic E-state index is 0.229. The summed E-state index contributed by atoms with van der Waals surface area (Å²) in [4.78, 5) is 0. The van der Waals surface area contributed by atoms with Gasteiger partial charge in [-0.2, -0.15) is 0 Å². The van der Waals surface area contributed by atoms with Crippen molar-refractivity contribution < 1.29 is 12.8 Å². The van der Waals surface area contributed by atoms with Crippen LogP contribution in [0.5, 0.6) is 0 Å². The third kappa shape index (κ3) is 4.76. The van der Waals surface area contributed by atoms with E-state index in [-0.39, 0.29) is 11.7 Å². The molecule has 1 aromatic rings. The highest BCUT2D eigenvalue weighted by atomic mass is 79.9. The standard InChI is InChI=1S/C15H21BrFNO2S/c1-21(19,20)18-8-2-3-12(11-18)9-14(10-16)13-4-6-15(17)7-5-13/h4-7,12,14H,2-3,8-11H2,1H3. The van der Waals surface area contributed by atoms with Crippen LogP contribution in [0.1, 0.15) is 30.7 Å². The highest BCUT2D eigenvalue weighted by Crippen LogP contribution is 2.31. The van der Waals surface area contributed by atoms with Gasteiger partial charge in [-0.05, 0) is 48.8 Å². The molecular weight excluding hydrogens is 357 g/mol. The molecule has 1 heterocycles. The van der Waals surface area contributed by atoms with Gasteiger partial charge in [0.1, 0.15) is 5.82 Å². The van der Waals surface area contributed by atoms with Gasteiger partial charge in [-0.25, -0.2) is 17.1 Å². The Labute approximate surface area is 134 Å². The maximum Gasteiger partial charge on any atom is 0.211 e. The van der Waals surface area contributed by atoms with Crippen LogP contribution in [0.2, 0.25) is 0 Å². The van der Waals surface area contributed by atoms with E-state index in [2.05, 4.69) is 15.9 Å². The number of halogens is 2. The van der Waals surface area contributed by atoms with E-state index in [0.29, 0.717) is 19.0 Å². The Balaban J connectivity index is 2.03. The highest BCUT2D eigenvalue weighted by Gasteiger charge is 2.27. The Morgan fingerprint density at radius 1 is 1.38 bits per heavy atom. The minimum atomic E-state index is -3.10. The first-order valence-corrected chi connectivity index (χ1v) is 10.1. The lowest BCUT2D eigenvalue weighted by atomic mass is 9.86. The van der Waals surface area contributed by atoms with Gasteiger partial charge < -0.3 is 0 Å². The molecule has 0 N–H and O–H groups in total. The number of alkyl halides is 1. The first-order valence-electron chi connectivity index (χ1n) is 7.16. The lowest BCUT2D eigenvalue weighted by Crippen LogP contribution is -2.39. The van der Waals surface area contributed by atoms with Gasteiger partial charge in [0.15, 0.2) is 0 Å². The molecule has 2 unspecified atom stereocenters. The van der Waals surface area contributed by atoms with E-state index in [0.717, 1.165) is 30.2 Å².